The molecule has 1 aromatic heterocycles. The van der Waals surface area contributed by atoms with Gasteiger partial charge in [0.15, 0.2) is 29.0 Å². The lowest BCUT2D eigenvalue weighted by atomic mass is 9.93. The van der Waals surface area contributed by atoms with Gasteiger partial charge in [0, 0.05) is 11.3 Å². The van der Waals surface area contributed by atoms with Gasteiger partial charge in [-0.05, 0) is 80.1 Å². The average Bonchev–Trinajstić information content (AvgIpc) is 3.37. The summed E-state index contributed by atoms with van der Waals surface area (Å²) in [6.45, 7) is 4.57. The molecule has 0 fully saturated rings. The van der Waals surface area contributed by atoms with Gasteiger partial charge < -0.3 is 24.8 Å². The maximum atomic E-state index is 10.5. The van der Waals surface area contributed by atoms with Crippen molar-refractivity contribution in [2.75, 3.05) is 23.9 Å². The van der Waals surface area contributed by atoms with Crippen molar-refractivity contribution in [2.24, 2.45) is 9.98 Å². The number of nitrogens with one attached hydrogen (secondary N) is 1. The molecule has 0 bridgehead atoms. The maximum Gasteiger partial charge on any atom is 0.179 e. The Balaban J connectivity index is 1.46. The summed E-state index contributed by atoms with van der Waals surface area (Å²) in [6, 6.07) is 30.9. The molecule has 7 rings (SSSR count). The van der Waals surface area contributed by atoms with Crippen LogP contribution in [0.25, 0.3) is 5.69 Å². The predicted molar refractivity (Wildman–Crippen MR) is 169 cm³/mol. The molecule has 0 spiro atoms. The average molecular weight is 571 g/mol. The van der Waals surface area contributed by atoms with Crippen LogP contribution in [-0.4, -0.2) is 40.3 Å². The highest BCUT2D eigenvalue weighted by atomic mass is 16.5. The first-order chi connectivity index (χ1) is 21.1. The Labute approximate surface area is 249 Å². The highest BCUT2D eigenvalue weighted by Crippen LogP contribution is 2.49. The van der Waals surface area contributed by atoms with Crippen LogP contribution < -0.4 is 19.7 Å². The van der Waals surface area contributed by atoms with Crippen LogP contribution >= 0.6 is 0 Å². The van der Waals surface area contributed by atoms with Crippen LogP contribution in [0.5, 0.6) is 17.2 Å². The quantitative estimate of drug-likeness (QED) is 0.226. The summed E-state index contributed by atoms with van der Waals surface area (Å²) in [7, 11) is 1.55. The van der Waals surface area contributed by atoms with Crippen molar-refractivity contribution in [2.45, 2.75) is 19.9 Å². The van der Waals surface area contributed by atoms with E-state index in [1.165, 1.54) is 0 Å². The number of nitrogens with zero attached hydrogens (tertiary/aromatic N) is 5. The van der Waals surface area contributed by atoms with Gasteiger partial charge >= 0.3 is 0 Å². The van der Waals surface area contributed by atoms with E-state index in [9.17, 15) is 5.11 Å². The SMILES string of the molecule is CCOc1ccc(NC2=Nc3ccccc3N3C2=Nc2c(c(C)nn2-c2ccccc2)[C@@H]3c2ccc(O)c(OC)c2)cc1. The molecule has 1 atom stereocenters. The summed E-state index contributed by atoms with van der Waals surface area (Å²) in [5, 5.41) is 19.0. The monoisotopic (exact) mass is 570 g/mol. The van der Waals surface area contributed by atoms with Crippen molar-refractivity contribution < 1.29 is 14.6 Å². The topological polar surface area (TPSA) is 96.5 Å². The first-order valence-electron chi connectivity index (χ1n) is 14.1. The molecule has 9 nitrogen and oxygen atoms in total. The molecule has 4 aromatic carbocycles. The molecule has 0 aliphatic carbocycles. The standard InChI is InChI=1S/C34H30N6O3/c1-4-43-25-17-15-23(16-18-25)35-32-34-37-33-30(21(2)38-40(33)24-10-6-5-7-11-24)31(22-14-19-28(41)29(20-22)42-3)39(34)27-13-9-8-12-26(27)36-32/h5-20,31,41H,4H2,1-3H3,(H,35,36)/t31-/m0/s1. The molecule has 0 radical (unpaired) electrons. The van der Waals surface area contributed by atoms with Crippen molar-refractivity contribution in [1.82, 2.24) is 9.78 Å². The summed E-state index contributed by atoms with van der Waals surface area (Å²) in [6.07, 6.45) is 0. The van der Waals surface area contributed by atoms with Gasteiger partial charge in [-0.3, -0.25) is 0 Å². The van der Waals surface area contributed by atoms with E-state index in [2.05, 4.69) is 16.3 Å². The third kappa shape index (κ3) is 4.55. The number of rotatable bonds is 6. The molecular weight excluding hydrogens is 540 g/mol. The zero-order chi connectivity index (χ0) is 29.5. The van der Waals surface area contributed by atoms with Crippen LogP contribution in [0.15, 0.2) is 107 Å². The third-order valence-corrected chi connectivity index (χ3v) is 7.59. The second kappa shape index (κ2) is 10.7. The van der Waals surface area contributed by atoms with Crippen molar-refractivity contribution in [3.8, 4) is 22.9 Å². The fourth-order valence-corrected chi connectivity index (χ4v) is 5.66. The smallest absolute Gasteiger partial charge is 0.179 e. The molecule has 0 saturated heterocycles. The largest absolute Gasteiger partial charge is 0.504 e. The van der Waals surface area contributed by atoms with E-state index in [1.807, 2.05) is 103 Å². The van der Waals surface area contributed by atoms with Crippen LogP contribution in [0.3, 0.4) is 0 Å². The van der Waals surface area contributed by atoms with Crippen LogP contribution in [0, 0.1) is 6.92 Å². The molecule has 43 heavy (non-hydrogen) atoms. The van der Waals surface area contributed by atoms with Gasteiger partial charge in [-0.1, -0.05) is 36.4 Å². The fraction of sp³-hybridized carbons (Fsp3) is 0.147. The van der Waals surface area contributed by atoms with Gasteiger partial charge in [0.05, 0.1) is 42.5 Å². The summed E-state index contributed by atoms with van der Waals surface area (Å²) >= 11 is 0. The second-order valence-electron chi connectivity index (χ2n) is 10.2. The third-order valence-electron chi connectivity index (χ3n) is 7.59. The number of aromatic hydroxyl groups is 1. The fourth-order valence-electron chi connectivity index (χ4n) is 5.66. The van der Waals surface area contributed by atoms with Crippen molar-refractivity contribution in [1.29, 1.82) is 0 Å². The Hall–Kier alpha value is -5.57. The number of hydrogen-bond donors (Lipinski definition) is 2. The number of para-hydroxylation sites is 3. The molecule has 2 aliphatic rings. The summed E-state index contributed by atoms with van der Waals surface area (Å²) in [5.74, 6) is 3.23. The summed E-state index contributed by atoms with van der Waals surface area (Å²) in [4.78, 5) is 12.5. The molecule has 0 saturated carbocycles. The molecule has 2 aliphatic heterocycles. The molecule has 5 aromatic rings. The van der Waals surface area contributed by atoms with Crippen LogP contribution in [0.1, 0.15) is 29.8 Å². The highest BCUT2D eigenvalue weighted by molar-refractivity contribution is 6.51. The molecule has 2 N–H and O–H groups in total. The lowest BCUT2D eigenvalue weighted by Crippen LogP contribution is -2.46. The van der Waals surface area contributed by atoms with E-state index in [1.54, 1.807) is 13.2 Å². The van der Waals surface area contributed by atoms with Crippen molar-refractivity contribution in [3.63, 3.8) is 0 Å². The zero-order valence-corrected chi connectivity index (χ0v) is 24.0. The first-order valence-corrected chi connectivity index (χ1v) is 14.1. The lowest BCUT2D eigenvalue weighted by molar-refractivity contribution is 0.340. The van der Waals surface area contributed by atoms with E-state index in [0.29, 0.717) is 29.8 Å². The maximum absolute atomic E-state index is 10.5. The number of aryl methyl sites for hydroxylation is 1. The molecule has 0 amide bonds. The Bertz CT molecular complexity index is 1880. The number of phenols is 1. The number of benzene rings is 4. The van der Waals surface area contributed by atoms with Crippen molar-refractivity contribution >= 4 is 34.6 Å². The van der Waals surface area contributed by atoms with Crippen LogP contribution in [0.4, 0.5) is 22.9 Å². The number of aromatic nitrogens is 2. The van der Waals surface area contributed by atoms with E-state index < -0.39 is 0 Å². The van der Waals surface area contributed by atoms with Gasteiger partial charge in [0.25, 0.3) is 0 Å². The Morgan fingerprint density at radius 3 is 2.44 bits per heavy atom. The number of ether oxygens (including phenoxy) is 2. The number of phenolic OH excluding ortho intramolecular Hbond substituents is 1. The number of aliphatic imine (C=N–C) groups is 2. The minimum atomic E-state index is -0.344. The first kappa shape index (κ1) is 26.3. The van der Waals surface area contributed by atoms with Gasteiger partial charge in [0.2, 0.25) is 0 Å². The molecule has 214 valence electrons. The number of fused-ring (bicyclic) bond motifs is 4. The van der Waals surface area contributed by atoms with E-state index >= 15 is 0 Å². The molecule has 9 heteroatoms. The minimum Gasteiger partial charge on any atom is -0.504 e. The Kier molecular flexibility index (Phi) is 6.54. The Morgan fingerprint density at radius 2 is 1.67 bits per heavy atom. The van der Waals surface area contributed by atoms with Gasteiger partial charge in [-0.25, -0.2) is 14.7 Å². The summed E-state index contributed by atoms with van der Waals surface area (Å²) < 4.78 is 13.1. The summed E-state index contributed by atoms with van der Waals surface area (Å²) in [5.41, 5.74) is 6.19. The van der Waals surface area contributed by atoms with E-state index in [0.717, 1.165) is 45.3 Å². The number of hydrogen-bond acceptors (Lipinski definition) is 8. The Morgan fingerprint density at radius 1 is 0.907 bits per heavy atom. The number of anilines is 2. The molecular formula is C34H30N6O3. The normalized spacial score (nSPS) is 15.0. The van der Waals surface area contributed by atoms with Crippen molar-refractivity contribution in [3.05, 3.63) is 114 Å². The lowest BCUT2D eigenvalue weighted by Gasteiger charge is -2.40. The number of amidine groups is 2. The minimum absolute atomic E-state index is 0.0753. The highest BCUT2D eigenvalue weighted by Gasteiger charge is 2.41. The van der Waals surface area contributed by atoms with E-state index in [-0.39, 0.29) is 11.8 Å². The zero-order valence-electron chi connectivity index (χ0n) is 24.0. The van der Waals surface area contributed by atoms with Crippen LogP contribution in [-0.2, 0) is 0 Å². The number of methoxy groups -OCH3 is 1. The van der Waals surface area contributed by atoms with Gasteiger partial charge in [-0.2, -0.15) is 5.10 Å². The van der Waals surface area contributed by atoms with Gasteiger partial charge in [-0.15, -0.1) is 0 Å². The van der Waals surface area contributed by atoms with Gasteiger partial charge in [0.1, 0.15) is 5.75 Å². The van der Waals surface area contributed by atoms with E-state index in [4.69, 9.17) is 24.6 Å². The second-order valence-corrected chi connectivity index (χ2v) is 10.2. The molecule has 3 heterocycles. The predicted octanol–water partition coefficient (Wildman–Crippen LogP) is 7.09. The van der Waals surface area contributed by atoms with Crippen LogP contribution in [0.2, 0.25) is 0 Å². The molecule has 0 unspecified atom stereocenters.